The molecule has 0 aliphatic carbocycles. The van der Waals surface area contributed by atoms with Crippen LogP contribution in [-0.2, 0) is 4.79 Å². The zero-order valence-corrected chi connectivity index (χ0v) is 9.05. The highest BCUT2D eigenvalue weighted by molar-refractivity contribution is 5.79. The third kappa shape index (κ3) is 2.25. The number of aromatic nitrogens is 1. The summed E-state index contributed by atoms with van der Waals surface area (Å²) in [5.74, 6) is -0.0394. The van der Waals surface area contributed by atoms with Gasteiger partial charge in [-0.15, -0.1) is 0 Å². The number of aliphatic hydroxyl groups is 1. The van der Waals surface area contributed by atoms with Crippen molar-refractivity contribution in [1.29, 1.82) is 0 Å². The highest BCUT2D eigenvalue weighted by Gasteiger charge is 2.11. The van der Waals surface area contributed by atoms with Gasteiger partial charge in [-0.05, 0) is 19.1 Å². The summed E-state index contributed by atoms with van der Waals surface area (Å²) in [4.78, 5) is 15.2. The number of carbonyl (C=O) groups is 1. The summed E-state index contributed by atoms with van der Waals surface area (Å²) in [5.41, 5.74) is 1.39. The second-order valence-corrected chi connectivity index (χ2v) is 3.85. The number of ketones is 1. The summed E-state index contributed by atoms with van der Waals surface area (Å²) < 4.78 is 0. The van der Waals surface area contributed by atoms with Crippen LogP contribution >= 0.6 is 0 Å². The molecule has 0 bridgehead atoms. The first-order chi connectivity index (χ1) is 7.66. The van der Waals surface area contributed by atoms with Crippen LogP contribution < -0.4 is 0 Å². The van der Waals surface area contributed by atoms with E-state index >= 15 is 0 Å². The number of pyridine rings is 1. The summed E-state index contributed by atoms with van der Waals surface area (Å²) in [6.45, 7) is 1.46. The fourth-order valence-electron chi connectivity index (χ4n) is 1.64. The molecule has 82 valence electrons. The zero-order valence-electron chi connectivity index (χ0n) is 9.05. The van der Waals surface area contributed by atoms with E-state index < -0.39 is 6.10 Å². The van der Waals surface area contributed by atoms with Gasteiger partial charge in [-0.1, -0.05) is 24.3 Å². The first kappa shape index (κ1) is 10.8. The van der Waals surface area contributed by atoms with Gasteiger partial charge in [0.1, 0.15) is 11.9 Å². The maximum absolute atomic E-state index is 10.9. The third-order valence-electron chi connectivity index (χ3n) is 2.44. The quantitative estimate of drug-likeness (QED) is 0.854. The first-order valence-corrected chi connectivity index (χ1v) is 5.20. The molecular formula is C13H13NO2. The third-order valence-corrected chi connectivity index (χ3v) is 2.44. The molecule has 0 aliphatic rings. The Labute approximate surface area is 93.7 Å². The summed E-state index contributed by atoms with van der Waals surface area (Å²) in [6.07, 6.45) is -0.687. The Morgan fingerprint density at radius 3 is 2.81 bits per heavy atom. The number of hydrogen-bond donors (Lipinski definition) is 1. The highest BCUT2D eigenvalue weighted by atomic mass is 16.3. The van der Waals surface area contributed by atoms with Gasteiger partial charge in [0.05, 0.1) is 11.2 Å². The largest absolute Gasteiger partial charge is 0.386 e. The SMILES string of the molecule is CC(=O)C[C@@H](O)c1ccc2ccccc2n1. The van der Waals surface area contributed by atoms with Crippen LogP contribution in [0.25, 0.3) is 10.9 Å². The second-order valence-electron chi connectivity index (χ2n) is 3.85. The van der Waals surface area contributed by atoms with E-state index in [1.165, 1.54) is 6.92 Å². The molecule has 0 spiro atoms. The predicted octanol–water partition coefficient (Wildman–Crippen LogP) is 2.25. The van der Waals surface area contributed by atoms with Crippen molar-refractivity contribution in [2.45, 2.75) is 19.4 Å². The number of para-hydroxylation sites is 1. The van der Waals surface area contributed by atoms with E-state index in [0.29, 0.717) is 5.69 Å². The molecule has 1 N–H and O–H groups in total. The molecule has 0 aliphatic heterocycles. The van der Waals surface area contributed by atoms with E-state index in [4.69, 9.17) is 0 Å². The lowest BCUT2D eigenvalue weighted by molar-refractivity contribution is -0.118. The highest BCUT2D eigenvalue weighted by Crippen LogP contribution is 2.18. The molecule has 0 unspecified atom stereocenters. The van der Waals surface area contributed by atoms with Crippen molar-refractivity contribution >= 4 is 16.7 Å². The topological polar surface area (TPSA) is 50.2 Å². The minimum absolute atomic E-state index is 0.0394. The van der Waals surface area contributed by atoms with Gasteiger partial charge >= 0.3 is 0 Å². The van der Waals surface area contributed by atoms with Gasteiger partial charge in [-0.2, -0.15) is 0 Å². The Hall–Kier alpha value is -1.74. The van der Waals surface area contributed by atoms with E-state index in [1.54, 1.807) is 6.07 Å². The summed E-state index contributed by atoms with van der Waals surface area (Å²) in [6, 6.07) is 11.4. The number of aliphatic hydroxyl groups excluding tert-OH is 1. The van der Waals surface area contributed by atoms with Crippen LogP contribution in [0.4, 0.5) is 0 Å². The van der Waals surface area contributed by atoms with Gasteiger partial charge in [-0.3, -0.25) is 9.78 Å². The number of nitrogens with zero attached hydrogens (tertiary/aromatic N) is 1. The molecule has 0 saturated carbocycles. The molecule has 1 aromatic heterocycles. The lowest BCUT2D eigenvalue weighted by Crippen LogP contribution is -2.05. The van der Waals surface area contributed by atoms with E-state index in [-0.39, 0.29) is 12.2 Å². The van der Waals surface area contributed by atoms with Gasteiger partial charge in [0.15, 0.2) is 0 Å². The predicted molar refractivity (Wildman–Crippen MR) is 62.0 cm³/mol. The summed E-state index contributed by atoms with van der Waals surface area (Å²) in [7, 11) is 0. The maximum Gasteiger partial charge on any atom is 0.132 e. The van der Waals surface area contributed by atoms with Crippen LogP contribution in [0.5, 0.6) is 0 Å². The number of benzene rings is 1. The van der Waals surface area contributed by atoms with Crippen molar-refractivity contribution in [3.05, 3.63) is 42.1 Å². The number of hydrogen-bond acceptors (Lipinski definition) is 3. The normalized spacial score (nSPS) is 12.6. The van der Waals surface area contributed by atoms with Crippen molar-refractivity contribution in [3.63, 3.8) is 0 Å². The van der Waals surface area contributed by atoms with Gasteiger partial charge < -0.3 is 5.11 Å². The van der Waals surface area contributed by atoms with Crippen LogP contribution in [0.3, 0.4) is 0 Å². The van der Waals surface area contributed by atoms with Crippen molar-refractivity contribution < 1.29 is 9.90 Å². The molecular weight excluding hydrogens is 202 g/mol. The molecule has 1 heterocycles. The van der Waals surface area contributed by atoms with E-state index in [9.17, 15) is 9.90 Å². The minimum Gasteiger partial charge on any atom is -0.386 e. The van der Waals surface area contributed by atoms with Crippen molar-refractivity contribution in [2.75, 3.05) is 0 Å². The molecule has 0 saturated heterocycles. The fraction of sp³-hybridized carbons (Fsp3) is 0.231. The van der Waals surface area contributed by atoms with Crippen molar-refractivity contribution in [1.82, 2.24) is 4.98 Å². The maximum atomic E-state index is 10.9. The molecule has 3 nitrogen and oxygen atoms in total. The Balaban J connectivity index is 2.35. The molecule has 2 aromatic rings. The minimum atomic E-state index is -0.804. The van der Waals surface area contributed by atoms with Crippen LogP contribution in [0.2, 0.25) is 0 Å². The van der Waals surface area contributed by atoms with E-state index in [2.05, 4.69) is 4.98 Å². The Morgan fingerprint density at radius 2 is 2.06 bits per heavy atom. The summed E-state index contributed by atoms with van der Waals surface area (Å²) in [5, 5.41) is 10.8. The molecule has 2 rings (SSSR count). The van der Waals surface area contributed by atoms with Crippen LogP contribution in [0.1, 0.15) is 25.1 Å². The molecule has 0 amide bonds. The van der Waals surface area contributed by atoms with Crippen molar-refractivity contribution in [2.24, 2.45) is 0 Å². The van der Waals surface area contributed by atoms with Gasteiger partial charge in [0.25, 0.3) is 0 Å². The molecule has 3 heteroatoms. The number of rotatable bonds is 3. The second kappa shape index (κ2) is 4.41. The Bertz CT molecular complexity index is 522. The number of Topliss-reactive ketones (excluding diaryl/α,β-unsaturated/α-hetero) is 1. The Kier molecular flexibility index (Phi) is 2.97. The fourth-order valence-corrected chi connectivity index (χ4v) is 1.64. The summed E-state index contributed by atoms with van der Waals surface area (Å²) >= 11 is 0. The smallest absolute Gasteiger partial charge is 0.132 e. The Morgan fingerprint density at radius 1 is 1.31 bits per heavy atom. The molecule has 16 heavy (non-hydrogen) atoms. The molecule has 0 fully saturated rings. The zero-order chi connectivity index (χ0) is 11.5. The first-order valence-electron chi connectivity index (χ1n) is 5.20. The van der Waals surface area contributed by atoms with Crippen LogP contribution in [-0.4, -0.2) is 15.9 Å². The average molecular weight is 215 g/mol. The van der Waals surface area contributed by atoms with Crippen molar-refractivity contribution in [3.8, 4) is 0 Å². The van der Waals surface area contributed by atoms with Gasteiger partial charge in [0, 0.05) is 11.8 Å². The molecule has 0 radical (unpaired) electrons. The van der Waals surface area contributed by atoms with E-state index in [1.807, 2.05) is 30.3 Å². The van der Waals surface area contributed by atoms with Gasteiger partial charge in [-0.25, -0.2) is 0 Å². The van der Waals surface area contributed by atoms with Crippen LogP contribution in [0.15, 0.2) is 36.4 Å². The lowest BCUT2D eigenvalue weighted by Gasteiger charge is -2.08. The van der Waals surface area contributed by atoms with Gasteiger partial charge in [0.2, 0.25) is 0 Å². The molecule has 1 atom stereocenters. The standard InChI is InChI=1S/C13H13NO2/c1-9(15)8-13(16)12-7-6-10-4-2-3-5-11(10)14-12/h2-7,13,16H,8H2,1H3/t13-/m1/s1. The molecule has 1 aromatic carbocycles. The van der Waals surface area contributed by atoms with Crippen LogP contribution in [0, 0.1) is 0 Å². The van der Waals surface area contributed by atoms with E-state index in [0.717, 1.165) is 10.9 Å². The number of fused-ring (bicyclic) bond motifs is 1. The average Bonchev–Trinajstić information content (AvgIpc) is 2.27. The monoisotopic (exact) mass is 215 g/mol. The lowest BCUT2D eigenvalue weighted by atomic mass is 10.1. The number of carbonyl (C=O) groups excluding carboxylic acids is 1.